The number of fused-ring (bicyclic) bond motifs is 1. The zero-order valence-corrected chi connectivity index (χ0v) is 16.5. The zero-order chi connectivity index (χ0) is 20.3. The molecule has 0 aliphatic carbocycles. The highest BCUT2D eigenvalue weighted by atomic mass is 16.3. The van der Waals surface area contributed by atoms with Crippen molar-refractivity contribution in [2.75, 3.05) is 23.3 Å². The first-order valence-electron chi connectivity index (χ1n) is 9.92. The van der Waals surface area contributed by atoms with Gasteiger partial charge in [-0.05, 0) is 49.1 Å². The van der Waals surface area contributed by atoms with Crippen LogP contribution in [0.15, 0.2) is 72.9 Å². The van der Waals surface area contributed by atoms with E-state index in [9.17, 15) is 9.90 Å². The molecule has 3 aromatic rings. The standard InChI is InChI=1S/C24H25N3O2/c1-24(29,20-8-3-2-4-9-20)14-15-25-22-12-11-19(17-26-22)23(28)27-16-13-18-7-5-6-10-21(18)27/h2-12,17,29H,13-16H2,1H3,(H,25,26). The first-order chi connectivity index (χ1) is 14.0. The van der Waals surface area contributed by atoms with Crippen LogP contribution in [0.25, 0.3) is 0 Å². The average molecular weight is 387 g/mol. The molecule has 29 heavy (non-hydrogen) atoms. The van der Waals surface area contributed by atoms with Gasteiger partial charge in [0.15, 0.2) is 0 Å². The second kappa shape index (κ2) is 8.05. The smallest absolute Gasteiger partial charge is 0.259 e. The number of hydrogen-bond acceptors (Lipinski definition) is 4. The van der Waals surface area contributed by atoms with Crippen molar-refractivity contribution in [3.8, 4) is 0 Å². The molecule has 0 saturated carbocycles. The normalized spacial score (nSPS) is 14.9. The summed E-state index contributed by atoms with van der Waals surface area (Å²) in [6.07, 6.45) is 3.04. The van der Waals surface area contributed by atoms with Gasteiger partial charge >= 0.3 is 0 Å². The lowest BCUT2D eigenvalue weighted by Crippen LogP contribution is -2.29. The summed E-state index contributed by atoms with van der Waals surface area (Å²) < 4.78 is 0. The van der Waals surface area contributed by atoms with Crippen LogP contribution in [0.1, 0.15) is 34.8 Å². The second-order valence-corrected chi connectivity index (χ2v) is 7.58. The predicted octanol–water partition coefficient (Wildman–Crippen LogP) is 3.99. The van der Waals surface area contributed by atoms with E-state index >= 15 is 0 Å². The fourth-order valence-electron chi connectivity index (χ4n) is 3.71. The van der Waals surface area contributed by atoms with E-state index < -0.39 is 5.60 Å². The summed E-state index contributed by atoms with van der Waals surface area (Å²) in [4.78, 5) is 19.1. The minimum absolute atomic E-state index is 0.0268. The van der Waals surface area contributed by atoms with Crippen LogP contribution in [0.2, 0.25) is 0 Å². The van der Waals surface area contributed by atoms with Gasteiger partial charge in [-0.15, -0.1) is 0 Å². The molecule has 0 radical (unpaired) electrons. The molecule has 0 bridgehead atoms. The molecule has 1 amide bonds. The van der Waals surface area contributed by atoms with E-state index in [0.29, 0.717) is 30.9 Å². The van der Waals surface area contributed by atoms with Gasteiger partial charge < -0.3 is 15.3 Å². The molecular weight excluding hydrogens is 362 g/mol. The van der Waals surface area contributed by atoms with Crippen molar-refractivity contribution in [2.45, 2.75) is 25.4 Å². The molecule has 2 N–H and O–H groups in total. The summed E-state index contributed by atoms with van der Waals surface area (Å²) in [6, 6.07) is 21.3. The molecule has 2 aromatic carbocycles. The van der Waals surface area contributed by atoms with Gasteiger partial charge in [0.1, 0.15) is 5.82 Å². The Kier molecular flexibility index (Phi) is 5.32. The van der Waals surface area contributed by atoms with Gasteiger partial charge in [0.25, 0.3) is 5.91 Å². The maximum Gasteiger partial charge on any atom is 0.259 e. The molecule has 1 aromatic heterocycles. The van der Waals surface area contributed by atoms with E-state index in [4.69, 9.17) is 0 Å². The van der Waals surface area contributed by atoms with Crippen molar-refractivity contribution in [1.29, 1.82) is 0 Å². The highest BCUT2D eigenvalue weighted by molar-refractivity contribution is 6.07. The van der Waals surface area contributed by atoms with Gasteiger partial charge in [-0.1, -0.05) is 48.5 Å². The van der Waals surface area contributed by atoms with Crippen molar-refractivity contribution >= 4 is 17.4 Å². The maximum absolute atomic E-state index is 12.9. The summed E-state index contributed by atoms with van der Waals surface area (Å²) in [7, 11) is 0. The summed E-state index contributed by atoms with van der Waals surface area (Å²) in [6.45, 7) is 3.08. The predicted molar refractivity (Wildman–Crippen MR) is 115 cm³/mol. The highest BCUT2D eigenvalue weighted by Gasteiger charge is 2.25. The monoisotopic (exact) mass is 387 g/mol. The summed E-state index contributed by atoms with van der Waals surface area (Å²) in [5.41, 5.74) is 2.75. The third kappa shape index (κ3) is 4.15. The number of pyridine rings is 1. The zero-order valence-electron chi connectivity index (χ0n) is 16.5. The van der Waals surface area contributed by atoms with Crippen LogP contribution in [-0.4, -0.2) is 29.1 Å². The summed E-state index contributed by atoms with van der Waals surface area (Å²) in [5, 5.41) is 13.9. The van der Waals surface area contributed by atoms with Gasteiger partial charge in [-0.25, -0.2) is 4.98 Å². The number of aliphatic hydroxyl groups is 1. The molecule has 0 saturated heterocycles. The number of benzene rings is 2. The Balaban J connectivity index is 1.36. The molecule has 0 spiro atoms. The van der Waals surface area contributed by atoms with Crippen LogP contribution in [0.3, 0.4) is 0 Å². The van der Waals surface area contributed by atoms with Crippen LogP contribution < -0.4 is 10.2 Å². The maximum atomic E-state index is 12.9. The Morgan fingerprint density at radius 2 is 1.86 bits per heavy atom. The molecule has 1 atom stereocenters. The van der Waals surface area contributed by atoms with Crippen LogP contribution in [0.5, 0.6) is 0 Å². The fraction of sp³-hybridized carbons (Fsp3) is 0.250. The van der Waals surface area contributed by atoms with Gasteiger partial charge in [-0.2, -0.15) is 0 Å². The molecule has 1 unspecified atom stereocenters. The number of nitrogens with zero attached hydrogens (tertiary/aromatic N) is 2. The Morgan fingerprint density at radius 3 is 2.62 bits per heavy atom. The molecular formula is C24H25N3O2. The quantitative estimate of drug-likeness (QED) is 0.671. The van der Waals surface area contributed by atoms with E-state index in [0.717, 1.165) is 17.7 Å². The number of carbonyl (C=O) groups is 1. The van der Waals surface area contributed by atoms with Crippen molar-refractivity contribution in [1.82, 2.24) is 4.98 Å². The Labute approximate surface area is 171 Å². The topological polar surface area (TPSA) is 65.5 Å². The van der Waals surface area contributed by atoms with Gasteiger partial charge in [0.2, 0.25) is 0 Å². The van der Waals surface area contributed by atoms with Crippen molar-refractivity contribution < 1.29 is 9.90 Å². The van der Waals surface area contributed by atoms with E-state index in [1.807, 2.05) is 66.4 Å². The van der Waals surface area contributed by atoms with Crippen LogP contribution in [0, 0.1) is 0 Å². The van der Waals surface area contributed by atoms with Gasteiger partial charge in [0.05, 0.1) is 11.2 Å². The van der Waals surface area contributed by atoms with Gasteiger partial charge in [0, 0.05) is 25.0 Å². The number of nitrogens with one attached hydrogen (secondary N) is 1. The van der Waals surface area contributed by atoms with Crippen molar-refractivity contribution in [3.05, 3.63) is 89.6 Å². The number of aromatic nitrogens is 1. The number of amides is 1. The largest absolute Gasteiger partial charge is 0.385 e. The van der Waals surface area contributed by atoms with Crippen molar-refractivity contribution in [3.63, 3.8) is 0 Å². The lowest BCUT2D eigenvalue weighted by Gasteiger charge is -2.24. The van der Waals surface area contributed by atoms with Crippen LogP contribution >= 0.6 is 0 Å². The minimum Gasteiger partial charge on any atom is -0.385 e. The van der Waals surface area contributed by atoms with E-state index in [-0.39, 0.29) is 5.91 Å². The molecule has 4 rings (SSSR count). The first-order valence-corrected chi connectivity index (χ1v) is 9.92. The van der Waals surface area contributed by atoms with Crippen LogP contribution in [0.4, 0.5) is 11.5 Å². The number of anilines is 2. The Hall–Kier alpha value is -3.18. The molecule has 1 aliphatic heterocycles. The lowest BCUT2D eigenvalue weighted by molar-refractivity contribution is 0.0515. The van der Waals surface area contributed by atoms with E-state index in [2.05, 4.69) is 16.4 Å². The highest BCUT2D eigenvalue weighted by Crippen LogP contribution is 2.29. The van der Waals surface area contributed by atoms with Crippen LogP contribution in [-0.2, 0) is 12.0 Å². The summed E-state index contributed by atoms with van der Waals surface area (Å²) >= 11 is 0. The molecule has 5 heteroatoms. The number of carbonyl (C=O) groups excluding carboxylic acids is 1. The molecule has 5 nitrogen and oxygen atoms in total. The van der Waals surface area contributed by atoms with Crippen molar-refractivity contribution in [2.24, 2.45) is 0 Å². The lowest BCUT2D eigenvalue weighted by atomic mass is 9.93. The Bertz CT molecular complexity index is 985. The third-order valence-electron chi connectivity index (χ3n) is 5.46. The van der Waals surface area contributed by atoms with Gasteiger partial charge in [-0.3, -0.25) is 4.79 Å². The number of hydrogen-bond donors (Lipinski definition) is 2. The van der Waals surface area contributed by atoms with E-state index in [1.165, 1.54) is 5.56 Å². The second-order valence-electron chi connectivity index (χ2n) is 7.58. The number of rotatable bonds is 6. The molecule has 1 aliphatic rings. The molecule has 0 fully saturated rings. The first kappa shape index (κ1) is 19.2. The summed E-state index contributed by atoms with van der Waals surface area (Å²) in [5.74, 6) is 0.660. The Morgan fingerprint density at radius 1 is 1.10 bits per heavy atom. The van der Waals surface area contributed by atoms with E-state index in [1.54, 1.807) is 12.3 Å². The molecule has 2 heterocycles. The fourth-order valence-corrected chi connectivity index (χ4v) is 3.71. The minimum atomic E-state index is -0.909. The average Bonchev–Trinajstić information content (AvgIpc) is 3.18. The number of para-hydroxylation sites is 1. The molecule has 148 valence electrons. The third-order valence-corrected chi connectivity index (χ3v) is 5.46. The SMILES string of the molecule is CC(O)(CCNc1ccc(C(=O)N2CCc3ccccc32)cn1)c1ccccc1.